The summed E-state index contributed by atoms with van der Waals surface area (Å²) in [6.07, 6.45) is -4.51. The second kappa shape index (κ2) is 12.2. The molecule has 4 aromatic rings. The number of alkyl halides is 3. The van der Waals surface area contributed by atoms with E-state index in [2.05, 4.69) is 0 Å². The zero-order valence-corrected chi connectivity index (χ0v) is 21.7. The molecule has 3 nitrogen and oxygen atoms in total. The quantitative estimate of drug-likeness (QED) is 0.202. The second-order valence-corrected chi connectivity index (χ2v) is 9.41. The molecule has 4 aromatic carbocycles. The van der Waals surface area contributed by atoms with Gasteiger partial charge in [-0.3, -0.25) is 4.79 Å². The number of rotatable bonds is 9. The van der Waals surface area contributed by atoms with E-state index in [1.165, 1.54) is 18.2 Å². The van der Waals surface area contributed by atoms with Crippen LogP contribution in [0.15, 0.2) is 103 Å². The van der Waals surface area contributed by atoms with Gasteiger partial charge >= 0.3 is 6.18 Å². The van der Waals surface area contributed by atoms with Gasteiger partial charge in [0.05, 0.1) is 11.5 Å². The highest BCUT2D eigenvalue weighted by molar-refractivity contribution is 5.83. The van der Waals surface area contributed by atoms with Crippen molar-refractivity contribution in [3.05, 3.63) is 126 Å². The standard InChI is InChI=1S/C32H29F4NO2/c1-22(25-13-18-28(29(33)21-25)23-9-5-3-6-10-23)31(38)37(2)20-19-30(24-11-7-4-8-12-24)39-27-16-14-26(15-17-27)32(34,35)36/h3-18,21-22,30H,19-20H2,1-2H3/t22-,30-/m0/s1. The van der Waals surface area contributed by atoms with Gasteiger partial charge in [0.1, 0.15) is 17.7 Å². The molecule has 0 aliphatic rings. The Bertz CT molecular complexity index is 1370. The minimum Gasteiger partial charge on any atom is -0.486 e. The van der Waals surface area contributed by atoms with Gasteiger partial charge in [0.15, 0.2) is 0 Å². The summed E-state index contributed by atoms with van der Waals surface area (Å²) in [4.78, 5) is 14.8. The summed E-state index contributed by atoms with van der Waals surface area (Å²) < 4.78 is 59.8. The van der Waals surface area contributed by atoms with Gasteiger partial charge < -0.3 is 9.64 Å². The number of likely N-dealkylation sites (N-methyl/N-ethyl adjacent to an activating group) is 1. The first-order valence-corrected chi connectivity index (χ1v) is 12.6. The molecule has 2 atom stereocenters. The Morgan fingerprint density at radius 2 is 1.46 bits per heavy atom. The van der Waals surface area contributed by atoms with Crippen molar-refractivity contribution in [2.75, 3.05) is 13.6 Å². The maximum absolute atomic E-state index is 14.9. The molecule has 0 bridgehead atoms. The van der Waals surface area contributed by atoms with Crippen LogP contribution in [0.3, 0.4) is 0 Å². The van der Waals surface area contributed by atoms with Gasteiger partial charge in [-0.15, -0.1) is 0 Å². The van der Waals surface area contributed by atoms with Crippen LogP contribution < -0.4 is 4.74 Å². The highest BCUT2D eigenvalue weighted by atomic mass is 19.4. The van der Waals surface area contributed by atoms with Crippen LogP contribution in [-0.4, -0.2) is 24.4 Å². The zero-order chi connectivity index (χ0) is 28.0. The lowest BCUT2D eigenvalue weighted by atomic mass is 9.96. The lowest BCUT2D eigenvalue weighted by Gasteiger charge is -2.25. The third-order valence-corrected chi connectivity index (χ3v) is 6.68. The molecule has 0 heterocycles. The first-order chi connectivity index (χ1) is 18.6. The molecule has 0 spiro atoms. The van der Waals surface area contributed by atoms with Crippen molar-refractivity contribution in [1.29, 1.82) is 0 Å². The van der Waals surface area contributed by atoms with Crippen molar-refractivity contribution in [3.63, 3.8) is 0 Å². The zero-order valence-electron chi connectivity index (χ0n) is 21.7. The summed E-state index contributed by atoms with van der Waals surface area (Å²) in [6.45, 7) is 2.07. The van der Waals surface area contributed by atoms with Crippen LogP contribution >= 0.6 is 0 Å². The van der Waals surface area contributed by atoms with Gasteiger partial charge in [0.2, 0.25) is 5.91 Å². The van der Waals surface area contributed by atoms with Crippen molar-refractivity contribution < 1.29 is 27.1 Å². The molecule has 0 aromatic heterocycles. The van der Waals surface area contributed by atoms with Gasteiger partial charge in [0, 0.05) is 25.6 Å². The highest BCUT2D eigenvalue weighted by Gasteiger charge is 2.30. The normalized spacial score (nSPS) is 13.0. The first-order valence-electron chi connectivity index (χ1n) is 12.6. The molecular formula is C32H29F4NO2. The number of amides is 1. The molecular weight excluding hydrogens is 506 g/mol. The Balaban J connectivity index is 1.44. The van der Waals surface area contributed by atoms with E-state index in [-0.39, 0.29) is 5.91 Å². The summed E-state index contributed by atoms with van der Waals surface area (Å²) in [6, 6.07) is 27.9. The molecule has 0 N–H and O–H groups in total. The van der Waals surface area contributed by atoms with Crippen LogP contribution in [-0.2, 0) is 11.0 Å². The smallest absolute Gasteiger partial charge is 0.416 e. The Hall–Kier alpha value is -4.13. The maximum Gasteiger partial charge on any atom is 0.416 e. The minimum absolute atomic E-state index is 0.178. The van der Waals surface area contributed by atoms with E-state index in [0.29, 0.717) is 29.8 Å². The van der Waals surface area contributed by atoms with Crippen molar-refractivity contribution in [3.8, 4) is 16.9 Å². The van der Waals surface area contributed by atoms with Gasteiger partial charge in [-0.05, 0) is 53.9 Å². The predicted molar refractivity (Wildman–Crippen MR) is 144 cm³/mol. The average Bonchev–Trinajstić information content (AvgIpc) is 2.95. The van der Waals surface area contributed by atoms with E-state index in [9.17, 15) is 22.4 Å². The van der Waals surface area contributed by atoms with E-state index < -0.39 is 29.6 Å². The molecule has 0 aliphatic carbocycles. The largest absolute Gasteiger partial charge is 0.486 e. The van der Waals surface area contributed by atoms with Gasteiger partial charge in [-0.1, -0.05) is 72.8 Å². The summed E-state index contributed by atoms with van der Waals surface area (Å²) in [7, 11) is 1.67. The van der Waals surface area contributed by atoms with Gasteiger partial charge in [-0.2, -0.15) is 13.2 Å². The number of ether oxygens (including phenoxy) is 1. The number of benzene rings is 4. The van der Waals surface area contributed by atoms with Crippen LogP contribution in [0.4, 0.5) is 17.6 Å². The molecule has 7 heteroatoms. The first kappa shape index (κ1) is 27.9. The number of hydrogen-bond acceptors (Lipinski definition) is 2. The lowest BCUT2D eigenvalue weighted by Crippen LogP contribution is -2.32. The number of halogens is 4. The van der Waals surface area contributed by atoms with E-state index in [1.807, 2.05) is 60.7 Å². The molecule has 0 unspecified atom stereocenters. The van der Waals surface area contributed by atoms with Crippen LogP contribution in [0, 0.1) is 5.82 Å². The predicted octanol–water partition coefficient (Wildman–Crippen LogP) is 8.28. The molecule has 0 radical (unpaired) electrons. The lowest BCUT2D eigenvalue weighted by molar-refractivity contribution is -0.137. The third-order valence-electron chi connectivity index (χ3n) is 6.68. The van der Waals surface area contributed by atoms with Crippen molar-refractivity contribution in [1.82, 2.24) is 4.90 Å². The molecule has 0 fully saturated rings. The van der Waals surface area contributed by atoms with Gasteiger partial charge in [0.25, 0.3) is 0 Å². The molecule has 202 valence electrons. The molecule has 1 amide bonds. The fraction of sp³-hybridized carbons (Fsp3) is 0.219. The highest BCUT2D eigenvalue weighted by Crippen LogP contribution is 2.32. The van der Waals surface area contributed by atoms with E-state index in [4.69, 9.17) is 4.74 Å². The minimum atomic E-state index is -4.43. The molecule has 0 aliphatic heterocycles. The number of carbonyl (C=O) groups is 1. The van der Waals surface area contributed by atoms with E-state index >= 15 is 0 Å². The molecule has 39 heavy (non-hydrogen) atoms. The summed E-state index contributed by atoms with van der Waals surface area (Å²) >= 11 is 0. The monoisotopic (exact) mass is 535 g/mol. The Labute approximate surface area is 225 Å². The Kier molecular flexibility index (Phi) is 8.69. The third kappa shape index (κ3) is 7.05. The topological polar surface area (TPSA) is 29.5 Å². The average molecular weight is 536 g/mol. The van der Waals surface area contributed by atoms with E-state index in [1.54, 1.807) is 31.0 Å². The van der Waals surface area contributed by atoms with Crippen molar-refractivity contribution >= 4 is 5.91 Å². The SMILES string of the molecule is C[C@H](C(=O)N(C)CC[C@H](Oc1ccc(C(F)(F)F)cc1)c1ccccc1)c1ccc(-c2ccccc2)c(F)c1. The summed E-state index contributed by atoms with van der Waals surface area (Å²) in [5.41, 5.74) is 1.89. The summed E-state index contributed by atoms with van der Waals surface area (Å²) in [5.74, 6) is -0.841. The fourth-order valence-electron chi connectivity index (χ4n) is 4.39. The molecule has 4 rings (SSSR count). The van der Waals surface area contributed by atoms with Gasteiger partial charge in [-0.25, -0.2) is 4.39 Å². The number of nitrogens with zero attached hydrogens (tertiary/aromatic N) is 1. The summed E-state index contributed by atoms with van der Waals surface area (Å²) in [5, 5.41) is 0. The molecule has 0 saturated carbocycles. The Morgan fingerprint density at radius 1 is 0.846 bits per heavy atom. The molecule has 0 saturated heterocycles. The van der Waals surface area contributed by atoms with Crippen LogP contribution in [0.5, 0.6) is 5.75 Å². The number of carbonyl (C=O) groups excluding carboxylic acids is 1. The van der Waals surface area contributed by atoms with Crippen LogP contribution in [0.2, 0.25) is 0 Å². The van der Waals surface area contributed by atoms with Crippen LogP contribution in [0.25, 0.3) is 11.1 Å². The Morgan fingerprint density at radius 3 is 2.05 bits per heavy atom. The van der Waals surface area contributed by atoms with Crippen molar-refractivity contribution in [2.24, 2.45) is 0 Å². The van der Waals surface area contributed by atoms with Crippen molar-refractivity contribution in [2.45, 2.75) is 31.5 Å². The fourth-order valence-corrected chi connectivity index (χ4v) is 4.39. The van der Waals surface area contributed by atoms with Crippen LogP contribution in [0.1, 0.15) is 42.1 Å². The second-order valence-electron chi connectivity index (χ2n) is 9.41. The van der Waals surface area contributed by atoms with E-state index in [0.717, 1.165) is 23.3 Å². The number of hydrogen-bond donors (Lipinski definition) is 0. The maximum atomic E-state index is 14.9.